The normalized spacial score (nSPS) is 17.4. The highest BCUT2D eigenvalue weighted by Crippen LogP contribution is 2.22. The van der Waals surface area contributed by atoms with Gasteiger partial charge in [0.2, 0.25) is 5.91 Å². The number of hydrogen-bond donors (Lipinski definition) is 2. The molecule has 1 atom stereocenters. The minimum absolute atomic E-state index is 0.0331. The molecule has 1 aliphatic rings. The molecule has 0 aliphatic carbocycles. The first-order valence-corrected chi connectivity index (χ1v) is 6.64. The van der Waals surface area contributed by atoms with Crippen molar-refractivity contribution in [2.24, 2.45) is 0 Å². The largest absolute Gasteiger partial charge is 0.502 e. The summed E-state index contributed by atoms with van der Waals surface area (Å²) in [5.74, 6) is 0.0331. The number of hydrogen-bond acceptors (Lipinski definition) is 3. The van der Waals surface area contributed by atoms with Crippen molar-refractivity contribution in [3.63, 3.8) is 0 Å². The van der Waals surface area contributed by atoms with E-state index in [1.807, 2.05) is 18.2 Å². The van der Waals surface area contributed by atoms with Crippen LogP contribution in [-0.2, 0) is 16.0 Å². The first kappa shape index (κ1) is 13.6. The maximum absolute atomic E-state index is 12.2. The minimum Gasteiger partial charge on any atom is -0.502 e. The predicted molar refractivity (Wildman–Crippen MR) is 74.7 cm³/mol. The second kappa shape index (κ2) is 6.95. The quantitative estimate of drug-likeness (QED) is 0.602. The topological polar surface area (TPSA) is 50.4 Å². The van der Waals surface area contributed by atoms with E-state index in [4.69, 9.17) is 4.74 Å². The third-order valence-corrected chi connectivity index (χ3v) is 3.23. The molecule has 1 aromatic rings. The standard InChI is InChI=1S/C15H20N2O2/c1-2-19-11-5-9-17-15(18)14-13-7-4-3-6-12(13)8-10-16-14/h2-4,6-7,14,16H,1,5,8-11H2,(H,17,18). The van der Waals surface area contributed by atoms with E-state index in [0.717, 1.165) is 24.9 Å². The van der Waals surface area contributed by atoms with Gasteiger partial charge in [0.25, 0.3) is 0 Å². The Bertz CT molecular complexity index is 446. The summed E-state index contributed by atoms with van der Waals surface area (Å²) in [6, 6.07) is 7.88. The van der Waals surface area contributed by atoms with Crippen LogP contribution in [0, 0.1) is 0 Å². The van der Waals surface area contributed by atoms with Crippen LogP contribution in [0.5, 0.6) is 0 Å². The van der Waals surface area contributed by atoms with E-state index >= 15 is 0 Å². The Balaban J connectivity index is 1.88. The lowest BCUT2D eigenvalue weighted by molar-refractivity contribution is -0.123. The van der Waals surface area contributed by atoms with Crippen LogP contribution in [0.4, 0.5) is 0 Å². The average Bonchev–Trinajstić information content (AvgIpc) is 2.46. The van der Waals surface area contributed by atoms with Crippen molar-refractivity contribution >= 4 is 5.91 Å². The van der Waals surface area contributed by atoms with Crippen LogP contribution < -0.4 is 10.6 Å². The summed E-state index contributed by atoms with van der Waals surface area (Å²) in [7, 11) is 0. The molecule has 1 unspecified atom stereocenters. The fourth-order valence-corrected chi connectivity index (χ4v) is 2.29. The second-order valence-corrected chi connectivity index (χ2v) is 4.52. The van der Waals surface area contributed by atoms with Crippen LogP contribution in [0.2, 0.25) is 0 Å². The molecule has 4 heteroatoms. The Morgan fingerprint density at radius 1 is 1.53 bits per heavy atom. The number of rotatable bonds is 6. The number of amides is 1. The zero-order valence-corrected chi connectivity index (χ0v) is 11.0. The van der Waals surface area contributed by atoms with Crippen molar-refractivity contribution in [1.82, 2.24) is 10.6 Å². The third kappa shape index (κ3) is 3.58. The van der Waals surface area contributed by atoms with Crippen LogP contribution in [0.3, 0.4) is 0 Å². The number of fused-ring (bicyclic) bond motifs is 1. The van der Waals surface area contributed by atoms with Gasteiger partial charge >= 0.3 is 0 Å². The Morgan fingerprint density at radius 3 is 3.21 bits per heavy atom. The first-order chi connectivity index (χ1) is 9.33. The summed E-state index contributed by atoms with van der Waals surface area (Å²) in [6.45, 7) is 5.51. The predicted octanol–water partition coefficient (Wildman–Crippen LogP) is 1.54. The summed E-state index contributed by atoms with van der Waals surface area (Å²) in [5.41, 5.74) is 2.35. The molecular formula is C15H20N2O2. The Labute approximate surface area is 113 Å². The van der Waals surface area contributed by atoms with Gasteiger partial charge in [-0.15, -0.1) is 0 Å². The van der Waals surface area contributed by atoms with Crippen molar-refractivity contribution in [2.75, 3.05) is 19.7 Å². The van der Waals surface area contributed by atoms with Crippen LogP contribution >= 0.6 is 0 Å². The van der Waals surface area contributed by atoms with Gasteiger partial charge in [0, 0.05) is 13.1 Å². The van der Waals surface area contributed by atoms with Crippen LogP contribution in [-0.4, -0.2) is 25.6 Å². The van der Waals surface area contributed by atoms with Gasteiger partial charge in [0.1, 0.15) is 6.04 Å². The molecule has 19 heavy (non-hydrogen) atoms. The molecule has 0 radical (unpaired) electrons. The third-order valence-electron chi connectivity index (χ3n) is 3.23. The van der Waals surface area contributed by atoms with Gasteiger partial charge in [-0.25, -0.2) is 0 Å². The van der Waals surface area contributed by atoms with Gasteiger partial charge in [0.15, 0.2) is 0 Å². The van der Waals surface area contributed by atoms with Crippen LogP contribution in [0.1, 0.15) is 23.6 Å². The number of benzene rings is 1. The number of carbonyl (C=O) groups excluding carboxylic acids is 1. The van der Waals surface area contributed by atoms with E-state index in [1.165, 1.54) is 11.8 Å². The summed E-state index contributed by atoms with van der Waals surface area (Å²) >= 11 is 0. The second-order valence-electron chi connectivity index (χ2n) is 4.52. The lowest BCUT2D eigenvalue weighted by atomic mass is 9.94. The zero-order chi connectivity index (χ0) is 13.5. The maximum Gasteiger partial charge on any atom is 0.241 e. The molecular weight excluding hydrogens is 240 g/mol. The number of nitrogens with one attached hydrogen (secondary N) is 2. The van der Waals surface area contributed by atoms with E-state index in [0.29, 0.717) is 13.2 Å². The fraction of sp³-hybridized carbons (Fsp3) is 0.400. The summed E-state index contributed by atoms with van der Waals surface area (Å²) < 4.78 is 5.01. The average molecular weight is 260 g/mol. The van der Waals surface area contributed by atoms with Crippen molar-refractivity contribution in [2.45, 2.75) is 18.9 Å². The SMILES string of the molecule is C=COCCCNC(=O)C1NCCc2ccccc21. The molecule has 0 aromatic heterocycles. The molecule has 0 bridgehead atoms. The van der Waals surface area contributed by atoms with Crippen molar-refractivity contribution in [1.29, 1.82) is 0 Å². The zero-order valence-electron chi connectivity index (χ0n) is 11.0. The van der Waals surface area contributed by atoms with E-state index < -0.39 is 0 Å². The molecule has 1 aromatic carbocycles. The van der Waals surface area contributed by atoms with Gasteiger partial charge in [-0.3, -0.25) is 4.79 Å². The maximum atomic E-state index is 12.2. The molecule has 1 heterocycles. The monoisotopic (exact) mass is 260 g/mol. The fourth-order valence-electron chi connectivity index (χ4n) is 2.29. The molecule has 1 aliphatic heterocycles. The molecule has 0 fully saturated rings. The number of ether oxygens (including phenoxy) is 1. The molecule has 4 nitrogen and oxygen atoms in total. The van der Waals surface area contributed by atoms with E-state index in [2.05, 4.69) is 23.3 Å². The summed E-state index contributed by atoms with van der Waals surface area (Å²) in [5, 5.41) is 6.20. The van der Waals surface area contributed by atoms with Crippen molar-refractivity contribution in [3.05, 3.63) is 48.2 Å². The summed E-state index contributed by atoms with van der Waals surface area (Å²) in [6.07, 6.45) is 3.18. The van der Waals surface area contributed by atoms with Gasteiger partial charge in [-0.1, -0.05) is 30.8 Å². The molecule has 0 saturated carbocycles. The Kier molecular flexibility index (Phi) is 4.98. The molecule has 2 N–H and O–H groups in total. The van der Waals surface area contributed by atoms with Crippen LogP contribution in [0.25, 0.3) is 0 Å². The molecule has 1 amide bonds. The van der Waals surface area contributed by atoms with Gasteiger partial charge < -0.3 is 15.4 Å². The Morgan fingerprint density at radius 2 is 2.37 bits per heavy atom. The molecule has 2 rings (SSSR count). The summed E-state index contributed by atoms with van der Waals surface area (Å²) in [4.78, 5) is 12.2. The van der Waals surface area contributed by atoms with Crippen LogP contribution in [0.15, 0.2) is 37.1 Å². The molecule has 0 spiro atoms. The molecule has 0 saturated heterocycles. The number of carbonyl (C=O) groups is 1. The van der Waals surface area contributed by atoms with E-state index in [9.17, 15) is 4.79 Å². The lowest BCUT2D eigenvalue weighted by Crippen LogP contribution is -2.41. The van der Waals surface area contributed by atoms with Crippen molar-refractivity contribution < 1.29 is 9.53 Å². The smallest absolute Gasteiger partial charge is 0.241 e. The minimum atomic E-state index is -0.231. The van der Waals surface area contributed by atoms with Gasteiger partial charge in [0.05, 0.1) is 12.9 Å². The highest BCUT2D eigenvalue weighted by molar-refractivity contribution is 5.83. The van der Waals surface area contributed by atoms with E-state index in [-0.39, 0.29) is 11.9 Å². The first-order valence-electron chi connectivity index (χ1n) is 6.64. The van der Waals surface area contributed by atoms with Gasteiger partial charge in [-0.2, -0.15) is 0 Å². The Hall–Kier alpha value is -1.81. The van der Waals surface area contributed by atoms with Gasteiger partial charge in [-0.05, 0) is 24.0 Å². The van der Waals surface area contributed by atoms with E-state index in [1.54, 1.807) is 0 Å². The lowest BCUT2D eigenvalue weighted by Gasteiger charge is -2.26. The highest BCUT2D eigenvalue weighted by atomic mass is 16.5. The highest BCUT2D eigenvalue weighted by Gasteiger charge is 2.25. The van der Waals surface area contributed by atoms with Crippen molar-refractivity contribution in [3.8, 4) is 0 Å². The molecule has 102 valence electrons.